The van der Waals surface area contributed by atoms with Crippen LogP contribution in [0.2, 0.25) is 5.02 Å². The van der Waals surface area contributed by atoms with Gasteiger partial charge in [-0.2, -0.15) is 0 Å². The highest BCUT2D eigenvalue weighted by Gasteiger charge is 2.16. The van der Waals surface area contributed by atoms with Gasteiger partial charge in [0.2, 0.25) is 0 Å². The Labute approximate surface area is 129 Å². The Morgan fingerprint density at radius 3 is 2.45 bits per heavy atom. The zero-order chi connectivity index (χ0) is 15.1. The number of benzene rings is 1. The second kappa shape index (κ2) is 8.66. The Balaban J connectivity index is 2.64. The van der Waals surface area contributed by atoms with Gasteiger partial charge in [-0.3, -0.25) is 0 Å². The summed E-state index contributed by atoms with van der Waals surface area (Å²) in [5, 5.41) is 4.51. The quantitative estimate of drug-likeness (QED) is 0.767. The van der Waals surface area contributed by atoms with Gasteiger partial charge in [0.15, 0.2) is 0 Å². The average molecular weight is 297 g/mol. The summed E-state index contributed by atoms with van der Waals surface area (Å²) < 4.78 is 0. The Morgan fingerprint density at radius 1 is 1.25 bits per heavy atom. The van der Waals surface area contributed by atoms with Gasteiger partial charge < -0.3 is 10.2 Å². The molecule has 20 heavy (non-hydrogen) atoms. The topological polar surface area (TPSA) is 15.3 Å². The minimum Gasteiger partial charge on any atom is -0.308 e. The molecular weight excluding hydrogens is 268 g/mol. The van der Waals surface area contributed by atoms with Crippen molar-refractivity contribution in [1.82, 2.24) is 10.2 Å². The van der Waals surface area contributed by atoms with Crippen LogP contribution in [-0.4, -0.2) is 31.6 Å². The fraction of sp³-hybridized carbons (Fsp3) is 0.647. The number of nitrogens with zero attached hydrogens (tertiary/aromatic N) is 1. The van der Waals surface area contributed by atoms with Crippen LogP contribution < -0.4 is 5.32 Å². The molecule has 2 nitrogen and oxygen atoms in total. The SMILES string of the molecule is CCC(NCC(CC(C)C)N(C)C)c1cccc(Cl)c1. The molecule has 0 saturated heterocycles. The Kier molecular flexibility index (Phi) is 7.57. The lowest BCUT2D eigenvalue weighted by molar-refractivity contribution is 0.239. The van der Waals surface area contributed by atoms with Crippen molar-refractivity contribution in [3.63, 3.8) is 0 Å². The zero-order valence-corrected chi connectivity index (χ0v) is 14.2. The van der Waals surface area contributed by atoms with Crippen molar-refractivity contribution < 1.29 is 0 Å². The predicted molar refractivity (Wildman–Crippen MR) is 89.4 cm³/mol. The zero-order valence-electron chi connectivity index (χ0n) is 13.5. The lowest BCUT2D eigenvalue weighted by Crippen LogP contribution is -2.40. The van der Waals surface area contributed by atoms with Crippen LogP contribution in [-0.2, 0) is 0 Å². The van der Waals surface area contributed by atoms with Crippen LogP contribution >= 0.6 is 11.6 Å². The van der Waals surface area contributed by atoms with Crippen molar-refractivity contribution in [3.05, 3.63) is 34.9 Å². The Bertz CT molecular complexity index is 390. The van der Waals surface area contributed by atoms with Crippen molar-refractivity contribution in [1.29, 1.82) is 0 Å². The number of nitrogens with one attached hydrogen (secondary N) is 1. The van der Waals surface area contributed by atoms with E-state index in [2.05, 4.69) is 57.2 Å². The van der Waals surface area contributed by atoms with Gasteiger partial charge in [0.1, 0.15) is 0 Å². The maximum atomic E-state index is 6.09. The molecule has 3 heteroatoms. The fourth-order valence-electron chi connectivity index (χ4n) is 2.52. The van der Waals surface area contributed by atoms with Crippen LogP contribution in [0.5, 0.6) is 0 Å². The van der Waals surface area contributed by atoms with E-state index in [-0.39, 0.29) is 0 Å². The van der Waals surface area contributed by atoms with E-state index in [1.807, 2.05) is 12.1 Å². The van der Waals surface area contributed by atoms with E-state index in [1.165, 1.54) is 12.0 Å². The Morgan fingerprint density at radius 2 is 1.95 bits per heavy atom. The summed E-state index contributed by atoms with van der Waals surface area (Å²) in [6.45, 7) is 7.79. The molecule has 0 aliphatic heterocycles. The van der Waals surface area contributed by atoms with Crippen LogP contribution in [0.3, 0.4) is 0 Å². The van der Waals surface area contributed by atoms with Crippen molar-refractivity contribution in [2.45, 2.75) is 45.7 Å². The molecule has 0 aliphatic rings. The molecule has 0 aliphatic carbocycles. The summed E-state index contributed by atoms with van der Waals surface area (Å²) >= 11 is 6.09. The molecule has 1 N–H and O–H groups in total. The molecule has 0 spiro atoms. The number of hydrogen-bond acceptors (Lipinski definition) is 2. The maximum Gasteiger partial charge on any atom is 0.0409 e. The van der Waals surface area contributed by atoms with Crippen LogP contribution in [0.25, 0.3) is 0 Å². The highest BCUT2D eigenvalue weighted by molar-refractivity contribution is 6.30. The van der Waals surface area contributed by atoms with Gasteiger partial charge in [-0.25, -0.2) is 0 Å². The number of rotatable bonds is 8. The van der Waals surface area contributed by atoms with Crippen LogP contribution in [0.15, 0.2) is 24.3 Å². The predicted octanol–water partition coefficient (Wildman–Crippen LogP) is 4.36. The van der Waals surface area contributed by atoms with Crippen LogP contribution in [0.4, 0.5) is 0 Å². The second-order valence-corrected chi connectivity index (χ2v) is 6.61. The third kappa shape index (κ3) is 5.82. The first-order chi connectivity index (χ1) is 9.43. The van der Waals surface area contributed by atoms with E-state index in [4.69, 9.17) is 11.6 Å². The molecule has 0 fully saturated rings. The fourth-order valence-corrected chi connectivity index (χ4v) is 2.72. The van der Waals surface area contributed by atoms with Gasteiger partial charge in [0.05, 0.1) is 0 Å². The first kappa shape index (κ1) is 17.5. The van der Waals surface area contributed by atoms with Gasteiger partial charge in [-0.15, -0.1) is 0 Å². The summed E-state index contributed by atoms with van der Waals surface area (Å²) in [5.41, 5.74) is 1.28. The maximum absolute atomic E-state index is 6.09. The van der Waals surface area contributed by atoms with E-state index in [1.54, 1.807) is 0 Å². The van der Waals surface area contributed by atoms with E-state index in [0.29, 0.717) is 12.1 Å². The third-order valence-corrected chi connectivity index (χ3v) is 3.97. The highest BCUT2D eigenvalue weighted by Crippen LogP contribution is 2.20. The molecule has 0 aromatic heterocycles. The van der Waals surface area contributed by atoms with E-state index < -0.39 is 0 Å². The van der Waals surface area contributed by atoms with Crippen molar-refractivity contribution >= 4 is 11.6 Å². The molecule has 2 unspecified atom stereocenters. The standard InChI is InChI=1S/C17H29ClN2/c1-6-17(14-8-7-9-15(18)11-14)19-12-16(20(4)5)10-13(2)3/h7-9,11,13,16-17,19H,6,10,12H2,1-5H3. The molecule has 0 heterocycles. The molecule has 0 bridgehead atoms. The van der Waals surface area contributed by atoms with Crippen LogP contribution in [0, 0.1) is 5.92 Å². The average Bonchev–Trinajstić information content (AvgIpc) is 2.37. The molecule has 2 atom stereocenters. The normalized spacial score (nSPS) is 14.8. The molecule has 0 saturated carbocycles. The van der Waals surface area contributed by atoms with Crippen molar-refractivity contribution in [3.8, 4) is 0 Å². The first-order valence-corrected chi connectivity index (χ1v) is 7.97. The molecule has 1 aromatic rings. The number of hydrogen-bond donors (Lipinski definition) is 1. The summed E-state index contributed by atoms with van der Waals surface area (Å²) in [6.07, 6.45) is 2.29. The minimum atomic E-state index is 0.378. The third-order valence-electron chi connectivity index (χ3n) is 3.73. The molecule has 1 rings (SSSR count). The lowest BCUT2D eigenvalue weighted by Gasteiger charge is -2.28. The molecule has 114 valence electrons. The summed E-state index contributed by atoms with van der Waals surface area (Å²) in [7, 11) is 4.32. The van der Waals surface area contributed by atoms with Gasteiger partial charge in [-0.05, 0) is 50.6 Å². The van der Waals surface area contributed by atoms with Crippen LogP contribution in [0.1, 0.15) is 45.2 Å². The van der Waals surface area contributed by atoms with Gasteiger partial charge in [-0.1, -0.05) is 44.5 Å². The lowest BCUT2D eigenvalue weighted by atomic mass is 10.0. The van der Waals surface area contributed by atoms with Gasteiger partial charge in [0.25, 0.3) is 0 Å². The number of likely N-dealkylation sites (N-methyl/N-ethyl adjacent to an activating group) is 1. The summed E-state index contributed by atoms with van der Waals surface area (Å²) in [6, 6.07) is 9.13. The highest BCUT2D eigenvalue weighted by atomic mass is 35.5. The monoisotopic (exact) mass is 296 g/mol. The largest absolute Gasteiger partial charge is 0.308 e. The van der Waals surface area contributed by atoms with E-state index >= 15 is 0 Å². The van der Waals surface area contributed by atoms with Gasteiger partial charge in [0, 0.05) is 23.7 Å². The minimum absolute atomic E-state index is 0.378. The summed E-state index contributed by atoms with van der Waals surface area (Å²) in [4.78, 5) is 2.32. The number of halogens is 1. The smallest absolute Gasteiger partial charge is 0.0409 e. The first-order valence-electron chi connectivity index (χ1n) is 7.59. The van der Waals surface area contributed by atoms with Crippen molar-refractivity contribution in [2.75, 3.05) is 20.6 Å². The molecule has 1 aromatic carbocycles. The molecule has 0 radical (unpaired) electrons. The van der Waals surface area contributed by atoms with E-state index in [0.717, 1.165) is 23.9 Å². The molecular formula is C17H29ClN2. The van der Waals surface area contributed by atoms with Crippen molar-refractivity contribution in [2.24, 2.45) is 5.92 Å². The van der Waals surface area contributed by atoms with E-state index in [9.17, 15) is 0 Å². The second-order valence-electron chi connectivity index (χ2n) is 6.17. The van der Waals surface area contributed by atoms with Gasteiger partial charge >= 0.3 is 0 Å². The Hall–Kier alpha value is -0.570. The summed E-state index contributed by atoms with van der Waals surface area (Å²) in [5.74, 6) is 0.718. The molecule has 0 amide bonds.